The minimum atomic E-state index is -0.164. The smallest absolute Gasteiger partial charge is 0.195 e. The van der Waals surface area contributed by atoms with Gasteiger partial charge in [0.15, 0.2) is 11.6 Å². The summed E-state index contributed by atoms with van der Waals surface area (Å²) in [5.41, 5.74) is 4.27. The molecule has 4 heteroatoms. The van der Waals surface area contributed by atoms with Crippen molar-refractivity contribution in [1.82, 2.24) is 4.57 Å². The summed E-state index contributed by atoms with van der Waals surface area (Å²) in [4.78, 5) is 27.0. The Morgan fingerprint density at radius 2 is 1.03 bits per heavy atom. The molecule has 148 valence electrons. The standard InChI is InChI=1S/C26H20ClNO2/c1-17-23(25(29)19-9-5-3-6-10-19)24(26(30)20-11-7-4-8-12-20)18(2)28(17)22-15-13-21(27)14-16-22/h3-16H,1-2H3. The molecule has 0 unspecified atom stereocenters. The van der Waals surface area contributed by atoms with E-state index in [4.69, 9.17) is 11.6 Å². The number of ketones is 2. The Labute approximate surface area is 180 Å². The van der Waals surface area contributed by atoms with Crippen LogP contribution in [0.1, 0.15) is 43.2 Å². The van der Waals surface area contributed by atoms with Gasteiger partial charge in [-0.3, -0.25) is 9.59 Å². The number of hydrogen-bond acceptors (Lipinski definition) is 2. The van der Waals surface area contributed by atoms with Gasteiger partial charge in [-0.05, 0) is 38.1 Å². The SMILES string of the molecule is Cc1c(C(=O)c2ccccc2)c(C(=O)c2ccccc2)c(C)n1-c1ccc(Cl)cc1. The Kier molecular flexibility index (Phi) is 5.39. The van der Waals surface area contributed by atoms with Crippen LogP contribution in [0.4, 0.5) is 0 Å². The predicted molar refractivity (Wildman–Crippen MR) is 120 cm³/mol. The van der Waals surface area contributed by atoms with Crippen molar-refractivity contribution in [3.63, 3.8) is 0 Å². The zero-order chi connectivity index (χ0) is 21.3. The van der Waals surface area contributed by atoms with Crippen LogP contribution in [0.15, 0.2) is 84.9 Å². The van der Waals surface area contributed by atoms with Crippen LogP contribution >= 0.6 is 11.6 Å². The lowest BCUT2D eigenvalue weighted by molar-refractivity contribution is 0.100. The van der Waals surface area contributed by atoms with Crippen molar-refractivity contribution in [2.24, 2.45) is 0 Å². The fourth-order valence-electron chi connectivity index (χ4n) is 3.84. The molecule has 1 heterocycles. The van der Waals surface area contributed by atoms with E-state index in [0.717, 1.165) is 17.1 Å². The molecule has 0 atom stereocenters. The van der Waals surface area contributed by atoms with Crippen LogP contribution in [-0.2, 0) is 0 Å². The summed E-state index contributed by atoms with van der Waals surface area (Å²) in [7, 11) is 0. The summed E-state index contributed by atoms with van der Waals surface area (Å²) in [5.74, 6) is -0.327. The molecule has 0 N–H and O–H groups in total. The number of benzene rings is 3. The highest BCUT2D eigenvalue weighted by molar-refractivity contribution is 6.30. The first-order chi connectivity index (χ1) is 14.5. The summed E-state index contributed by atoms with van der Waals surface area (Å²) >= 11 is 6.06. The highest BCUT2D eigenvalue weighted by Gasteiger charge is 2.29. The highest BCUT2D eigenvalue weighted by atomic mass is 35.5. The predicted octanol–water partition coefficient (Wildman–Crippen LogP) is 6.21. The molecular formula is C26H20ClNO2. The van der Waals surface area contributed by atoms with E-state index in [0.29, 0.717) is 27.3 Å². The number of hydrogen-bond donors (Lipinski definition) is 0. The zero-order valence-electron chi connectivity index (χ0n) is 16.7. The van der Waals surface area contributed by atoms with E-state index in [9.17, 15) is 9.59 Å². The van der Waals surface area contributed by atoms with Gasteiger partial charge < -0.3 is 4.57 Å². The number of rotatable bonds is 5. The maximum Gasteiger partial charge on any atom is 0.195 e. The molecule has 0 spiro atoms. The molecule has 0 saturated carbocycles. The van der Waals surface area contributed by atoms with Crippen LogP contribution in [0.25, 0.3) is 5.69 Å². The molecule has 0 bridgehead atoms. The number of carbonyl (C=O) groups is 2. The Bertz CT molecular complexity index is 1150. The van der Waals surface area contributed by atoms with Gasteiger partial charge in [0, 0.05) is 33.2 Å². The van der Waals surface area contributed by atoms with Gasteiger partial charge >= 0.3 is 0 Å². The molecule has 0 saturated heterocycles. The van der Waals surface area contributed by atoms with E-state index in [-0.39, 0.29) is 11.6 Å². The Hall–Kier alpha value is -3.43. The number of halogens is 1. The Morgan fingerprint density at radius 3 is 1.43 bits per heavy atom. The zero-order valence-corrected chi connectivity index (χ0v) is 17.5. The maximum atomic E-state index is 13.5. The second kappa shape index (κ2) is 8.13. The Balaban J connectivity index is 1.97. The molecule has 0 aliphatic rings. The topological polar surface area (TPSA) is 39.1 Å². The average molecular weight is 414 g/mol. The van der Waals surface area contributed by atoms with Crippen LogP contribution in [-0.4, -0.2) is 16.1 Å². The first kappa shape index (κ1) is 19.9. The monoisotopic (exact) mass is 413 g/mol. The quantitative estimate of drug-likeness (QED) is 0.365. The number of carbonyl (C=O) groups excluding carboxylic acids is 2. The second-order valence-corrected chi connectivity index (χ2v) is 7.56. The third kappa shape index (κ3) is 3.49. The van der Waals surface area contributed by atoms with Gasteiger partial charge in [0.05, 0.1) is 11.1 Å². The van der Waals surface area contributed by atoms with E-state index < -0.39 is 0 Å². The van der Waals surface area contributed by atoms with Crippen molar-refractivity contribution in [2.75, 3.05) is 0 Å². The molecule has 0 fully saturated rings. The minimum absolute atomic E-state index is 0.164. The van der Waals surface area contributed by atoms with E-state index in [2.05, 4.69) is 0 Å². The van der Waals surface area contributed by atoms with E-state index in [1.807, 2.05) is 66.9 Å². The van der Waals surface area contributed by atoms with Gasteiger partial charge in [-0.15, -0.1) is 0 Å². The molecule has 4 aromatic rings. The molecule has 3 aromatic carbocycles. The molecule has 0 aliphatic heterocycles. The van der Waals surface area contributed by atoms with Crippen molar-refractivity contribution in [3.8, 4) is 5.69 Å². The minimum Gasteiger partial charge on any atom is -0.317 e. The summed E-state index contributed by atoms with van der Waals surface area (Å²) < 4.78 is 1.95. The second-order valence-electron chi connectivity index (χ2n) is 7.12. The first-order valence-corrected chi connectivity index (χ1v) is 10.0. The van der Waals surface area contributed by atoms with Crippen LogP contribution in [0, 0.1) is 13.8 Å². The molecule has 0 aliphatic carbocycles. The van der Waals surface area contributed by atoms with E-state index in [1.165, 1.54) is 0 Å². The van der Waals surface area contributed by atoms with Crippen molar-refractivity contribution in [3.05, 3.63) is 124 Å². The van der Waals surface area contributed by atoms with Crippen molar-refractivity contribution >= 4 is 23.2 Å². The lowest BCUT2D eigenvalue weighted by atomic mass is 9.94. The summed E-state index contributed by atoms with van der Waals surface area (Å²) in [6, 6.07) is 25.5. The van der Waals surface area contributed by atoms with Crippen molar-refractivity contribution in [2.45, 2.75) is 13.8 Å². The van der Waals surface area contributed by atoms with Gasteiger partial charge in [0.2, 0.25) is 0 Å². The first-order valence-electron chi connectivity index (χ1n) is 9.66. The van der Waals surface area contributed by atoms with E-state index >= 15 is 0 Å². The lowest BCUT2D eigenvalue weighted by Crippen LogP contribution is -2.11. The number of aromatic nitrogens is 1. The van der Waals surface area contributed by atoms with Gasteiger partial charge in [0.25, 0.3) is 0 Å². The molecule has 0 radical (unpaired) electrons. The summed E-state index contributed by atoms with van der Waals surface area (Å²) in [5, 5.41) is 0.627. The molecule has 1 aromatic heterocycles. The van der Waals surface area contributed by atoms with Gasteiger partial charge in [0.1, 0.15) is 0 Å². The maximum absolute atomic E-state index is 13.5. The van der Waals surface area contributed by atoms with Crippen molar-refractivity contribution in [1.29, 1.82) is 0 Å². The van der Waals surface area contributed by atoms with Crippen LogP contribution < -0.4 is 0 Å². The third-order valence-electron chi connectivity index (χ3n) is 5.26. The largest absolute Gasteiger partial charge is 0.317 e. The van der Waals surface area contributed by atoms with Crippen LogP contribution in [0.3, 0.4) is 0 Å². The molecule has 4 rings (SSSR count). The molecule has 3 nitrogen and oxygen atoms in total. The Morgan fingerprint density at radius 1 is 0.633 bits per heavy atom. The normalized spacial score (nSPS) is 10.8. The van der Waals surface area contributed by atoms with Crippen LogP contribution in [0.5, 0.6) is 0 Å². The molecule has 0 amide bonds. The molecular weight excluding hydrogens is 394 g/mol. The molecule has 30 heavy (non-hydrogen) atoms. The fraction of sp³-hybridized carbons (Fsp3) is 0.0769. The third-order valence-corrected chi connectivity index (χ3v) is 5.51. The van der Waals surface area contributed by atoms with Gasteiger partial charge in [-0.25, -0.2) is 0 Å². The fourth-order valence-corrected chi connectivity index (χ4v) is 3.96. The summed E-state index contributed by atoms with van der Waals surface area (Å²) in [6.07, 6.45) is 0. The number of nitrogens with zero attached hydrogens (tertiary/aromatic N) is 1. The average Bonchev–Trinajstić information content (AvgIpc) is 3.04. The highest BCUT2D eigenvalue weighted by Crippen LogP contribution is 2.30. The van der Waals surface area contributed by atoms with Gasteiger partial charge in [-0.1, -0.05) is 72.3 Å². The summed E-state index contributed by atoms with van der Waals surface area (Å²) in [6.45, 7) is 3.75. The van der Waals surface area contributed by atoms with Crippen LogP contribution in [0.2, 0.25) is 5.02 Å². The lowest BCUT2D eigenvalue weighted by Gasteiger charge is -2.10. The van der Waals surface area contributed by atoms with Crippen molar-refractivity contribution < 1.29 is 9.59 Å². The van der Waals surface area contributed by atoms with Gasteiger partial charge in [-0.2, -0.15) is 0 Å². The van der Waals surface area contributed by atoms with E-state index in [1.54, 1.807) is 36.4 Å².